The molecule has 0 radical (unpaired) electrons. The third-order valence-corrected chi connectivity index (χ3v) is 4.81. The normalized spacial score (nSPS) is 20.6. The third-order valence-electron chi connectivity index (χ3n) is 3.85. The fraction of sp³-hybridized carbons (Fsp3) is 0.500. The van der Waals surface area contributed by atoms with Gasteiger partial charge in [-0.1, -0.05) is 0 Å². The molecule has 102 valence electrons. The maximum absolute atomic E-state index is 12.5. The van der Waals surface area contributed by atoms with E-state index in [-0.39, 0.29) is 5.91 Å². The van der Waals surface area contributed by atoms with E-state index in [9.17, 15) is 4.79 Å². The highest BCUT2D eigenvalue weighted by molar-refractivity contribution is 9.10. The highest BCUT2D eigenvalue weighted by Gasteiger charge is 2.32. The number of halogens is 1. The molecule has 0 bridgehead atoms. The summed E-state index contributed by atoms with van der Waals surface area (Å²) in [6.45, 7) is 3.68. The van der Waals surface area contributed by atoms with Gasteiger partial charge in [-0.2, -0.15) is 0 Å². The Morgan fingerprint density at radius 2 is 1.89 bits per heavy atom. The maximum Gasteiger partial charge on any atom is 0.255 e. The molecule has 1 heterocycles. The molecule has 1 aromatic carbocycles. The molecular weight excluding hydrogens is 324 g/mol. The van der Waals surface area contributed by atoms with Gasteiger partial charge in [-0.05, 0) is 47.0 Å². The van der Waals surface area contributed by atoms with Gasteiger partial charge in [0, 0.05) is 41.6 Å². The van der Waals surface area contributed by atoms with Crippen LogP contribution in [0.25, 0.3) is 0 Å². The molecule has 19 heavy (non-hydrogen) atoms. The zero-order valence-electron chi connectivity index (χ0n) is 10.7. The van der Waals surface area contributed by atoms with Gasteiger partial charge in [-0.15, -0.1) is 12.6 Å². The van der Waals surface area contributed by atoms with Crippen LogP contribution in [0, 0.1) is 0 Å². The van der Waals surface area contributed by atoms with Crippen LogP contribution in [0.15, 0.2) is 27.6 Å². The van der Waals surface area contributed by atoms with E-state index in [0.29, 0.717) is 5.56 Å². The molecule has 1 aromatic rings. The standard InChI is InChI=1S/C14H17BrN2OS/c15-13-4-3-11(19)9-12(13)14(18)17-7-5-16(6-8-17)10-1-2-10/h3-4,9-10,19H,1-2,5-8H2. The van der Waals surface area contributed by atoms with Crippen molar-refractivity contribution in [1.29, 1.82) is 0 Å². The van der Waals surface area contributed by atoms with E-state index in [4.69, 9.17) is 0 Å². The lowest BCUT2D eigenvalue weighted by Gasteiger charge is -2.35. The second-order valence-corrected chi connectivity index (χ2v) is 6.59. The molecule has 3 rings (SSSR count). The van der Waals surface area contributed by atoms with Crippen molar-refractivity contribution in [2.75, 3.05) is 26.2 Å². The van der Waals surface area contributed by atoms with Crippen LogP contribution in [0.3, 0.4) is 0 Å². The van der Waals surface area contributed by atoms with Crippen molar-refractivity contribution in [1.82, 2.24) is 9.80 Å². The predicted octanol–water partition coefficient (Wildman–Crippen LogP) is 2.66. The van der Waals surface area contributed by atoms with Crippen LogP contribution in [-0.4, -0.2) is 47.9 Å². The van der Waals surface area contributed by atoms with Gasteiger partial charge in [0.2, 0.25) is 0 Å². The smallest absolute Gasteiger partial charge is 0.255 e. The van der Waals surface area contributed by atoms with Gasteiger partial charge in [-0.25, -0.2) is 0 Å². The number of benzene rings is 1. The minimum atomic E-state index is 0.109. The molecule has 0 atom stereocenters. The Balaban J connectivity index is 1.68. The minimum absolute atomic E-state index is 0.109. The lowest BCUT2D eigenvalue weighted by atomic mass is 10.2. The average molecular weight is 341 g/mol. The largest absolute Gasteiger partial charge is 0.336 e. The predicted molar refractivity (Wildman–Crippen MR) is 81.9 cm³/mol. The Kier molecular flexibility index (Phi) is 3.87. The molecular formula is C14H17BrN2OS. The summed E-state index contributed by atoms with van der Waals surface area (Å²) in [5, 5.41) is 0. The lowest BCUT2D eigenvalue weighted by molar-refractivity contribution is 0.0626. The van der Waals surface area contributed by atoms with E-state index in [1.54, 1.807) is 0 Å². The van der Waals surface area contributed by atoms with Crippen LogP contribution in [0.5, 0.6) is 0 Å². The van der Waals surface area contributed by atoms with Crippen molar-refractivity contribution < 1.29 is 4.79 Å². The molecule has 1 saturated heterocycles. The number of carbonyl (C=O) groups is 1. The fourth-order valence-electron chi connectivity index (χ4n) is 2.58. The Morgan fingerprint density at radius 1 is 1.21 bits per heavy atom. The topological polar surface area (TPSA) is 23.6 Å². The number of hydrogen-bond donors (Lipinski definition) is 1. The van der Waals surface area contributed by atoms with Gasteiger partial charge in [0.1, 0.15) is 0 Å². The van der Waals surface area contributed by atoms with Crippen LogP contribution in [0.1, 0.15) is 23.2 Å². The van der Waals surface area contributed by atoms with E-state index in [1.165, 1.54) is 12.8 Å². The maximum atomic E-state index is 12.5. The molecule has 2 aliphatic rings. The summed E-state index contributed by atoms with van der Waals surface area (Å²) in [6, 6.07) is 6.40. The Bertz CT molecular complexity index is 496. The number of nitrogens with zero attached hydrogens (tertiary/aromatic N) is 2. The zero-order valence-corrected chi connectivity index (χ0v) is 13.2. The number of carbonyl (C=O) groups excluding carboxylic acids is 1. The van der Waals surface area contributed by atoms with Crippen molar-refractivity contribution in [3.63, 3.8) is 0 Å². The van der Waals surface area contributed by atoms with E-state index in [0.717, 1.165) is 41.6 Å². The number of thiol groups is 1. The van der Waals surface area contributed by atoms with Crippen molar-refractivity contribution in [2.24, 2.45) is 0 Å². The first-order valence-corrected chi connectivity index (χ1v) is 7.91. The summed E-state index contributed by atoms with van der Waals surface area (Å²) in [5.74, 6) is 0.109. The van der Waals surface area contributed by atoms with E-state index in [1.807, 2.05) is 23.1 Å². The summed E-state index contributed by atoms with van der Waals surface area (Å²) in [4.78, 5) is 17.8. The number of amides is 1. The molecule has 1 aliphatic carbocycles. The Morgan fingerprint density at radius 3 is 2.53 bits per heavy atom. The summed E-state index contributed by atoms with van der Waals surface area (Å²) in [7, 11) is 0. The molecule has 0 aromatic heterocycles. The first-order valence-electron chi connectivity index (χ1n) is 6.67. The molecule has 2 fully saturated rings. The summed E-state index contributed by atoms with van der Waals surface area (Å²) < 4.78 is 0.847. The Labute approximate surface area is 127 Å². The van der Waals surface area contributed by atoms with E-state index < -0.39 is 0 Å². The molecule has 0 unspecified atom stereocenters. The second-order valence-electron chi connectivity index (χ2n) is 5.22. The summed E-state index contributed by atoms with van der Waals surface area (Å²) in [5.41, 5.74) is 0.715. The van der Waals surface area contributed by atoms with Gasteiger partial charge in [0.05, 0.1) is 5.56 Å². The molecule has 0 spiro atoms. The number of rotatable bonds is 2. The first-order chi connectivity index (χ1) is 9.15. The van der Waals surface area contributed by atoms with E-state index >= 15 is 0 Å². The molecule has 1 aliphatic heterocycles. The first kappa shape index (κ1) is 13.5. The van der Waals surface area contributed by atoms with Gasteiger partial charge in [-0.3, -0.25) is 9.69 Å². The van der Waals surface area contributed by atoms with Crippen LogP contribution >= 0.6 is 28.6 Å². The highest BCUT2D eigenvalue weighted by Crippen LogP contribution is 2.28. The molecule has 5 heteroatoms. The van der Waals surface area contributed by atoms with Gasteiger partial charge < -0.3 is 4.90 Å². The number of hydrogen-bond acceptors (Lipinski definition) is 3. The van der Waals surface area contributed by atoms with Gasteiger partial charge in [0.15, 0.2) is 0 Å². The fourth-order valence-corrected chi connectivity index (χ4v) is 3.20. The van der Waals surface area contributed by atoms with Gasteiger partial charge in [0.25, 0.3) is 5.91 Å². The van der Waals surface area contributed by atoms with Crippen molar-refractivity contribution in [3.8, 4) is 0 Å². The van der Waals surface area contributed by atoms with E-state index in [2.05, 4.69) is 33.5 Å². The van der Waals surface area contributed by atoms with Crippen LogP contribution in [0.4, 0.5) is 0 Å². The zero-order chi connectivity index (χ0) is 13.4. The quantitative estimate of drug-likeness (QED) is 0.836. The van der Waals surface area contributed by atoms with Crippen molar-refractivity contribution in [3.05, 3.63) is 28.2 Å². The van der Waals surface area contributed by atoms with Crippen LogP contribution in [-0.2, 0) is 0 Å². The molecule has 0 N–H and O–H groups in total. The van der Waals surface area contributed by atoms with Crippen molar-refractivity contribution in [2.45, 2.75) is 23.8 Å². The second kappa shape index (κ2) is 5.46. The molecule has 1 saturated carbocycles. The monoisotopic (exact) mass is 340 g/mol. The summed E-state index contributed by atoms with van der Waals surface area (Å²) in [6.07, 6.45) is 2.67. The molecule has 3 nitrogen and oxygen atoms in total. The van der Waals surface area contributed by atoms with Gasteiger partial charge >= 0.3 is 0 Å². The third kappa shape index (κ3) is 2.98. The Hall–Kier alpha value is -0.520. The minimum Gasteiger partial charge on any atom is -0.336 e. The van der Waals surface area contributed by atoms with Crippen LogP contribution < -0.4 is 0 Å². The summed E-state index contributed by atoms with van der Waals surface area (Å²) >= 11 is 7.76. The SMILES string of the molecule is O=C(c1cc(S)ccc1Br)N1CCN(C2CC2)CC1. The highest BCUT2D eigenvalue weighted by atomic mass is 79.9. The lowest BCUT2D eigenvalue weighted by Crippen LogP contribution is -2.49. The number of piperazine rings is 1. The van der Waals surface area contributed by atoms with Crippen molar-refractivity contribution >= 4 is 34.5 Å². The van der Waals surface area contributed by atoms with Crippen LogP contribution in [0.2, 0.25) is 0 Å². The average Bonchev–Trinajstić information content (AvgIpc) is 3.25. The molecule has 1 amide bonds.